The lowest BCUT2D eigenvalue weighted by Gasteiger charge is -2.21. The van der Waals surface area contributed by atoms with Gasteiger partial charge in [0.1, 0.15) is 0 Å². The van der Waals surface area contributed by atoms with Crippen LogP contribution >= 0.6 is 11.3 Å². The van der Waals surface area contributed by atoms with Crippen molar-refractivity contribution >= 4 is 21.2 Å². The largest absolute Gasteiger partial charge is 0.271 e. The zero-order valence-electron chi connectivity index (χ0n) is 9.63. The molecule has 1 aliphatic rings. The number of sulfone groups is 1. The summed E-state index contributed by atoms with van der Waals surface area (Å²) in [5.41, 5.74) is 4.09. The van der Waals surface area contributed by atoms with Gasteiger partial charge in [0.05, 0.1) is 11.5 Å². The van der Waals surface area contributed by atoms with Gasteiger partial charge < -0.3 is 0 Å². The van der Waals surface area contributed by atoms with Crippen LogP contribution in [0.15, 0.2) is 16.8 Å². The Labute approximate surface area is 106 Å². The predicted molar refractivity (Wildman–Crippen MR) is 70.5 cm³/mol. The van der Waals surface area contributed by atoms with E-state index in [0.717, 1.165) is 19.3 Å². The molecule has 3 N–H and O–H groups in total. The van der Waals surface area contributed by atoms with Gasteiger partial charge in [-0.1, -0.05) is 0 Å². The normalized spacial score (nSPS) is 24.9. The molecule has 96 valence electrons. The third-order valence-electron chi connectivity index (χ3n) is 3.37. The highest BCUT2D eigenvalue weighted by atomic mass is 32.2. The van der Waals surface area contributed by atoms with E-state index in [4.69, 9.17) is 5.84 Å². The molecule has 0 radical (unpaired) electrons. The minimum absolute atomic E-state index is 0.104. The molecule has 17 heavy (non-hydrogen) atoms. The van der Waals surface area contributed by atoms with Crippen LogP contribution in [0, 0.1) is 5.92 Å². The van der Waals surface area contributed by atoms with E-state index >= 15 is 0 Å². The monoisotopic (exact) mass is 274 g/mol. The first-order valence-electron chi connectivity index (χ1n) is 5.78. The van der Waals surface area contributed by atoms with Crippen LogP contribution in [-0.4, -0.2) is 26.0 Å². The van der Waals surface area contributed by atoms with Crippen molar-refractivity contribution in [1.29, 1.82) is 0 Å². The average Bonchev–Trinajstić information content (AvgIpc) is 2.89. The van der Waals surface area contributed by atoms with E-state index < -0.39 is 9.84 Å². The molecule has 0 amide bonds. The first-order chi connectivity index (χ1) is 8.11. The van der Waals surface area contributed by atoms with E-state index in [1.165, 1.54) is 5.56 Å². The predicted octanol–water partition coefficient (Wildman–Crippen LogP) is 0.947. The Hall–Kier alpha value is -0.430. The van der Waals surface area contributed by atoms with Crippen LogP contribution in [0.4, 0.5) is 0 Å². The molecule has 2 atom stereocenters. The first-order valence-corrected chi connectivity index (χ1v) is 8.55. The van der Waals surface area contributed by atoms with E-state index in [-0.39, 0.29) is 17.7 Å². The SMILES string of the molecule is NNC(CCc1ccsc1)C1CCS(=O)(=O)C1. The Balaban J connectivity index is 1.89. The van der Waals surface area contributed by atoms with Gasteiger partial charge in [0.15, 0.2) is 9.84 Å². The maximum absolute atomic E-state index is 11.4. The molecule has 0 spiro atoms. The van der Waals surface area contributed by atoms with Gasteiger partial charge in [-0.2, -0.15) is 11.3 Å². The van der Waals surface area contributed by atoms with Crippen LogP contribution in [-0.2, 0) is 16.3 Å². The molecular weight excluding hydrogens is 256 g/mol. The topological polar surface area (TPSA) is 72.2 Å². The Morgan fingerprint density at radius 1 is 1.59 bits per heavy atom. The Morgan fingerprint density at radius 3 is 2.94 bits per heavy atom. The van der Waals surface area contributed by atoms with Gasteiger partial charge in [-0.15, -0.1) is 0 Å². The molecule has 0 aromatic carbocycles. The van der Waals surface area contributed by atoms with E-state index in [2.05, 4.69) is 22.3 Å². The van der Waals surface area contributed by atoms with Crippen LogP contribution in [0.1, 0.15) is 18.4 Å². The molecule has 6 heteroatoms. The Bertz CT molecular complexity index is 442. The summed E-state index contributed by atoms with van der Waals surface area (Å²) in [6.07, 6.45) is 2.59. The van der Waals surface area contributed by atoms with Crippen LogP contribution in [0.3, 0.4) is 0 Å². The van der Waals surface area contributed by atoms with Crippen molar-refractivity contribution in [3.8, 4) is 0 Å². The molecule has 1 aliphatic heterocycles. The zero-order chi connectivity index (χ0) is 12.3. The van der Waals surface area contributed by atoms with Crippen molar-refractivity contribution in [2.75, 3.05) is 11.5 Å². The molecule has 0 saturated carbocycles. The van der Waals surface area contributed by atoms with Crippen LogP contribution < -0.4 is 11.3 Å². The van der Waals surface area contributed by atoms with Crippen LogP contribution in [0.2, 0.25) is 0 Å². The number of hydrogen-bond donors (Lipinski definition) is 2. The number of rotatable bonds is 5. The molecule has 4 nitrogen and oxygen atoms in total. The molecule has 2 unspecified atom stereocenters. The van der Waals surface area contributed by atoms with Gasteiger partial charge in [0, 0.05) is 6.04 Å². The number of nitrogens with two attached hydrogens (primary N) is 1. The van der Waals surface area contributed by atoms with Gasteiger partial charge in [0.2, 0.25) is 0 Å². The fourth-order valence-electron chi connectivity index (χ4n) is 2.35. The Kier molecular flexibility index (Phi) is 4.19. The van der Waals surface area contributed by atoms with Gasteiger partial charge in [-0.25, -0.2) is 8.42 Å². The molecule has 2 rings (SSSR count). The number of aryl methyl sites for hydroxylation is 1. The second kappa shape index (κ2) is 5.48. The van der Waals surface area contributed by atoms with Crippen LogP contribution in [0.25, 0.3) is 0 Å². The highest BCUT2D eigenvalue weighted by molar-refractivity contribution is 7.91. The van der Waals surface area contributed by atoms with E-state index in [1.54, 1.807) is 11.3 Å². The van der Waals surface area contributed by atoms with Gasteiger partial charge >= 0.3 is 0 Å². The fraction of sp³-hybridized carbons (Fsp3) is 0.636. The highest BCUT2D eigenvalue weighted by Gasteiger charge is 2.32. The molecule has 1 saturated heterocycles. The number of hydrogen-bond acceptors (Lipinski definition) is 5. The molecule has 1 aromatic rings. The average molecular weight is 274 g/mol. The summed E-state index contributed by atoms with van der Waals surface area (Å²) >= 11 is 1.68. The lowest BCUT2D eigenvalue weighted by Crippen LogP contribution is -2.41. The van der Waals surface area contributed by atoms with Crippen molar-refractivity contribution in [3.05, 3.63) is 22.4 Å². The maximum Gasteiger partial charge on any atom is 0.150 e. The third-order valence-corrected chi connectivity index (χ3v) is 5.90. The van der Waals surface area contributed by atoms with E-state index in [9.17, 15) is 8.42 Å². The third kappa shape index (κ3) is 3.51. The lowest BCUT2D eigenvalue weighted by atomic mass is 9.94. The molecule has 2 heterocycles. The maximum atomic E-state index is 11.4. The summed E-state index contributed by atoms with van der Waals surface area (Å²) in [4.78, 5) is 0. The summed E-state index contributed by atoms with van der Waals surface area (Å²) in [5.74, 6) is 6.31. The quantitative estimate of drug-likeness (QED) is 0.619. The molecule has 0 bridgehead atoms. The summed E-state index contributed by atoms with van der Waals surface area (Å²) in [7, 11) is -2.82. The number of nitrogens with one attached hydrogen (secondary N) is 1. The smallest absolute Gasteiger partial charge is 0.150 e. The lowest BCUT2D eigenvalue weighted by molar-refractivity contribution is 0.367. The van der Waals surface area contributed by atoms with Crippen LogP contribution in [0.5, 0.6) is 0 Å². The zero-order valence-corrected chi connectivity index (χ0v) is 11.3. The molecule has 0 aliphatic carbocycles. The summed E-state index contributed by atoms with van der Waals surface area (Å²) in [6.45, 7) is 0. The molecule has 1 fully saturated rings. The second-order valence-corrected chi connectivity index (χ2v) is 7.62. The standard InChI is InChI=1S/C11H18N2O2S2/c12-13-11(2-1-9-3-5-16-7-9)10-4-6-17(14,15)8-10/h3,5,7,10-11,13H,1-2,4,6,8,12H2. The first kappa shape index (κ1) is 13.0. The minimum Gasteiger partial charge on any atom is -0.271 e. The Morgan fingerprint density at radius 2 is 2.41 bits per heavy atom. The minimum atomic E-state index is -2.82. The highest BCUT2D eigenvalue weighted by Crippen LogP contribution is 2.24. The van der Waals surface area contributed by atoms with Crippen molar-refractivity contribution in [1.82, 2.24) is 5.43 Å². The summed E-state index contributed by atoms with van der Waals surface area (Å²) in [6, 6.07) is 2.20. The molecular formula is C11H18N2O2S2. The second-order valence-electron chi connectivity index (χ2n) is 4.61. The summed E-state index contributed by atoms with van der Waals surface area (Å²) < 4.78 is 22.9. The van der Waals surface area contributed by atoms with Gasteiger partial charge in [-0.05, 0) is 47.6 Å². The van der Waals surface area contributed by atoms with E-state index in [1.807, 2.05) is 0 Å². The van der Waals surface area contributed by atoms with Crippen molar-refractivity contribution < 1.29 is 8.42 Å². The van der Waals surface area contributed by atoms with Crippen molar-refractivity contribution in [2.24, 2.45) is 11.8 Å². The van der Waals surface area contributed by atoms with E-state index in [0.29, 0.717) is 5.75 Å². The number of thiophene rings is 1. The fourth-order valence-corrected chi connectivity index (χ4v) is 4.94. The summed E-state index contributed by atoms with van der Waals surface area (Å²) in [5, 5.41) is 4.18. The van der Waals surface area contributed by atoms with Gasteiger partial charge in [-0.3, -0.25) is 11.3 Å². The number of hydrazine groups is 1. The van der Waals surface area contributed by atoms with Gasteiger partial charge in [0.25, 0.3) is 0 Å². The van der Waals surface area contributed by atoms with Crippen molar-refractivity contribution in [3.63, 3.8) is 0 Å². The molecule has 1 aromatic heterocycles. The van der Waals surface area contributed by atoms with Crippen molar-refractivity contribution in [2.45, 2.75) is 25.3 Å².